The van der Waals surface area contributed by atoms with E-state index in [4.69, 9.17) is 14.1 Å². The van der Waals surface area contributed by atoms with Gasteiger partial charge >= 0.3 is 0 Å². The van der Waals surface area contributed by atoms with Crippen LogP contribution in [0.1, 0.15) is 86.4 Å². The number of carbonyl (C=O) groups excluding carboxylic acids is 2. The number of hydrogen-bond donors (Lipinski definition) is 2. The Kier molecular flexibility index (Phi) is 8.09. The molecule has 2 aromatic carbocycles. The molecular weight excluding hydrogens is 617 g/mol. The van der Waals surface area contributed by atoms with Crippen LogP contribution in [0.25, 0.3) is 21.9 Å². The number of nitrogens with zero attached hydrogens (tertiary/aromatic N) is 3. The predicted octanol–water partition coefficient (Wildman–Crippen LogP) is 6.96. The molecule has 3 aromatic heterocycles. The molecule has 0 bridgehead atoms. The molecule has 0 saturated heterocycles. The van der Waals surface area contributed by atoms with Crippen LogP contribution >= 0.6 is 11.3 Å². The lowest BCUT2D eigenvalue weighted by Gasteiger charge is -2.18. The third-order valence-corrected chi connectivity index (χ3v) is 10.0. The first-order chi connectivity index (χ1) is 22.7. The molecule has 0 spiro atoms. The number of methoxy groups -OCH3 is 1. The van der Waals surface area contributed by atoms with Gasteiger partial charge in [0.1, 0.15) is 11.6 Å². The summed E-state index contributed by atoms with van der Waals surface area (Å²) in [5.74, 6) is 0.815. The van der Waals surface area contributed by atoms with E-state index in [0.717, 1.165) is 40.2 Å². The topological polar surface area (TPSA) is 119 Å². The van der Waals surface area contributed by atoms with E-state index in [1.165, 1.54) is 23.5 Å². The molecule has 7 rings (SSSR count). The summed E-state index contributed by atoms with van der Waals surface area (Å²) in [4.78, 5) is 33.7. The molecule has 2 N–H and O–H groups in total. The normalized spacial score (nSPS) is 16.7. The molecule has 2 aliphatic rings. The number of benzene rings is 2. The Hall–Kier alpha value is -4.90. The van der Waals surface area contributed by atoms with Gasteiger partial charge in [0, 0.05) is 17.4 Å². The fraction of sp³-hybridized carbons (Fsp3) is 0.306. The first kappa shape index (κ1) is 30.7. The number of halogens is 1. The second-order valence-corrected chi connectivity index (χ2v) is 13.4. The maximum Gasteiger partial charge on any atom is 0.261 e. The summed E-state index contributed by atoms with van der Waals surface area (Å²) in [6.07, 6.45) is 2.66. The number of pyridine rings is 1. The van der Waals surface area contributed by atoms with E-state index in [1.807, 2.05) is 38.1 Å². The molecule has 4 heterocycles. The van der Waals surface area contributed by atoms with E-state index in [9.17, 15) is 14.0 Å². The van der Waals surface area contributed by atoms with Crippen molar-refractivity contribution in [3.05, 3.63) is 105 Å². The van der Waals surface area contributed by atoms with Crippen LogP contribution in [0.2, 0.25) is 0 Å². The summed E-state index contributed by atoms with van der Waals surface area (Å²) < 4.78 is 25.2. The first-order valence-corrected chi connectivity index (χ1v) is 16.5. The molecule has 0 saturated carbocycles. The third-order valence-electron chi connectivity index (χ3n) is 8.91. The van der Waals surface area contributed by atoms with Crippen molar-refractivity contribution in [3.8, 4) is 27.6 Å². The van der Waals surface area contributed by atoms with Crippen LogP contribution < -0.4 is 15.4 Å². The number of amides is 2. The zero-order valence-electron chi connectivity index (χ0n) is 26.5. The largest absolute Gasteiger partial charge is 0.496 e. The Labute approximate surface area is 275 Å². The van der Waals surface area contributed by atoms with E-state index in [2.05, 4.69) is 20.8 Å². The molecule has 2 amide bonds. The van der Waals surface area contributed by atoms with E-state index in [1.54, 1.807) is 32.2 Å². The van der Waals surface area contributed by atoms with Crippen LogP contribution in [-0.4, -0.2) is 34.1 Å². The maximum absolute atomic E-state index is 13.7. The summed E-state index contributed by atoms with van der Waals surface area (Å²) >= 11 is 1.31. The highest BCUT2D eigenvalue weighted by Gasteiger charge is 2.39. The zero-order valence-corrected chi connectivity index (χ0v) is 27.3. The average molecular weight is 652 g/mol. The second kappa shape index (κ2) is 12.4. The number of thiophene rings is 1. The van der Waals surface area contributed by atoms with Crippen molar-refractivity contribution in [2.45, 2.75) is 58.5 Å². The molecule has 1 unspecified atom stereocenters. The molecule has 5 aromatic rings. The number of rotatable bonds is 9. The van der Waals surface area contributed by atoms with Crippen LogP contribution in [0, 0.1) is 18.7 Å². The molecule has 9 nitrogen and oxygen atoms in total. The van der Waals surface area contributed by atoms with Gasteiger partial charge in [-0.25, -0.2) is 4.39 Å². The van der Waals surface area contributed by atoms with Gasteiger partial charge in [-0.2, -0.15) is 0 Å². The monoisotopic (exact) mass is 651 g/mol. The van der Waals surface area contributed by atoms with Gasteiger partial charge in [-0.1, -0.05) is 38.1 Å². The highest BCUT2D eigenvalue weighted by Crippen LogP contribution is 2.45. The minimum absolute atomic E-state index is 0.0829. The van der Waals surface area contributed by atoms with Gasteiger partial charge in [-0.15, -0.1) is 21.5 Å². The van der Waals surface area contributed by atoms with Crippen LogP contribution in [0.15, 0.2) is 59.0 Å². The highest BCUT2D eigenvalue weighted by molar-refractivity contribution is 7.17. The van der Waals surface area contributed by atoms with Crippen LogP contribution in [0.5, 0.6) is 5.75 Å². The standard InChI is InChI=1S/C36H34FN5O4S/c1-18(2)32-33-31(35(44)40-32)30(29(36-42-41-19(3)46-36)25(38-33)14-10-20-8-11-21(37)12-9-20)27-16-17-28(47-27)34(43)39-24-15-13-23-22(24)6-5-7-26(23)45-4/h5-9,11-12,16-18,24,32H,10,13-15H2,1-4H3,(H,39,43)(H,40,44)/t24?,32-/m0/s1. The van der Waals surface area contributed by atoms with Gasteiger partial charge in [0.15, 0.2) is 0 Å². The summed E-state index contributed by atoms with van der Waals surface area (Å²) in [7, 11) is 1.66. The van der Waals surface area contributed by atoms with Crippen molar-refractivity contribution in [1.82, 2.24) is 25.8 Å². The fourth-order valence-corrected chi connectivity index (χ4v) is 7.60. The van der Waals surface area contributed by atoms with Crippen molar-refractivity contribution >= 4 is 23.2 Å². The number of aryl methyl sites for hydroxylation is 3. The number of ether oxygens (including phenoxy) is 1. The lowest BCUT2D eigenvalue weighted by Crippen LogP contribution is -2.26. The number of aromatic nitrogens is 3. The molecule has 1 aliphatic heterocycles. The lowest BCUT2D eigenvalue weighted by atomic mass is 9.92. The Bertz CT molecular complexity index is 2000. The van der Waals surface area contributed by atoms with Gasteiger partial charge in [0.2, 0.25) is 11.8 Å². The van der Waals surface area contributed by atoms with E-state index in [0.29, 0.717) is 51.7 Å². The Balaban J connectivity index is 1.31. The Morgan fingerprint density at radius 1 is 1.09 bits per heavy atom. The molecule has 47 heavy (non-hydrogen) atoms. The SMILES string of the molecule is COc1cccc2c1CCC2NC(=O)c1ccc(-c2c3c(nc(CCc4ccc(F)cc4)c2-c2nnc(C)o2)[C@H](C(C)C)NC3=O)s1. The van der Waals surface area contributed by atoms with Gasteiger partial charge in [0.05, 0.1) is 46.6 Å². The summed E-state index contributed by atoms with van der Waals surface area (Å²) in [5, 5.41) is 14.8. The number of carbonyl (C=O) groups is 2. The Morgan fingerprint density at radius 3 is 2.62 bits per heavy atom. The average Bonchev–Trinajstić information content (AvgIpc) is 3.87. The molecule has 2 atom stereocenters. The van der Waals surface area contributed by atoms with Crippen molar-refractivity contribution in [2.75, 3.05) is 7.11 Å². The number of fused-ring (bicyclic) bond motifs is 2. The van der Waals surface area contributed by atoms with Gasteiger partial charge in [-0.05, 0) is 78.6 Å². The van der Waals surface area contributed by atoms with Crippen molar-refractivity contribution < 1.29 is 23.1 Å². The summed E-state index contributed by atoms with van der Waals surface area (Å²) in [6, 6.07) is 15.5. The van der Waals surface area contributed by atoms with Crippen molar-refractivity contribution in [2.24, 2.45) is 5.92 Å². The van der Waals surface area contributed by atoms with Crippen LogP contribution in [-0.2, 0) is 19.3 Å². The quantitative estimate of drug-likeness (QED) is 0.177. The number of hydrogen-bond acceptors (Lipinski definition) is 8. The van der Waals surface area contributed by atoms with E-state index in [-0.39, 0.29) is 41.5 Å². The second-order valence-electron chi connectivity index (χ2n) is 12.3. The van der Waals surface area contributed by atoms with Crippen LogP contribution in [0.3, 0.4) is 0 Å². The predicted molar refractivity (Wildman–Crippen MR) is 176 cm³/mol. The number of nitrogens with one attached hydrogen (secondary N) is 2. The van der Waals surface area contributed by atoms with Gasteiger partial charge in [0.25, 0.3) is 11.8 Å². The summed E-state index contributed by atoms with van der Waals surface area (Å²) in [5.41, 5.74) is 6.11. The van der Waals surface area contributed by atoms with Gasteiger partial charge in [-0.3, -0.25) is 14.6 Å². The molecule has 1 aliphatic carbocycles. The molecule has 240 valence electrons. The van der Waals surface area contributed by atoms with Gasteiger partial charge < -0.3 is 19.8 Å². The zero-order chi connectivity index (χ0) is 32.8. The fourth-order valence-electron chi connectivity index (χ4n) is 6.63. The maximum atomic E-state index is 13.7. The Morgan fingerprint density at radius 2 is 1.89 bits per heavy atom. The molecular formula is C36H34FN5O4S. The van der Waals surface area contributed by atoms with E-state index < -0.39 is 0 Å². The highest BCUT2D eigenvalue weighted by atomic mass is 32.1. The minimum Gasteiger partial charge on any atom is -0.496 e. The summed E-state index contributed by atoms with van der Waals surface area (Å²) in [6.45, 7) is 5.79. The van der Waals surface area contributed by atoms with Crippen LogP contribution in [0.4, 0.5) is 4.39 Å². The lowest BCUT2D eigenvalue weighted by molar-refractivity contribution is 0.0936. The van der Waals surface area contributed by atoms with Crippen molar-refractivity contribution in [1.29, 1.82) is 0 Å². The molecule has 0 fully saturated rings. The third kappa shape index (κ3) is 5.69. The van der Waals surface area contributed by atoms with Crippen molar-refractivity contribution in [3.63, 3.8) is 0 Å². The smallest absolute Gasteiger partial charge is 0.261 e. The first-order valence-electron chi connectivity index (χ1n) is 15.7. The minimum atomic E-state index is -0.299. The molecule has 0 radical (unpaired) electrons. The molecule has 11 heteroatoms. The van der Waals surface area contributed by atoms with E-state index >= 15 is 0 Å².